The highest BCUT2D eigenvalue weighted by Gasteiger charge is 2.17. The molecule has 0 bridgehead atoms. The fraction of sp³-hybridized carbons (Fsp3) is 0.538. The van der Waals surface area contributed by atoms with Crippen LogP contribution in [0.15, 0.2) is 60.7 Å². The smallest absolute Gasteiger partial charge is 0.157 e. The SMILES string of the molecule is CC(CCCC(C)(C)O)CC(OCCc1ccccc1)OCCc1ccccc1. The molecule has 0 spiro atoms. The Kier molecular flexibility index (Phi) is 10.4. The zero-order valence-electron chi connectivity index (χ0n) is 18.3. The van der Waals surface area contributed by atoms with Gasteiger partial charge in [0.2, 0.25) is 0 Å². The molecule has 0 aliphatic rings. The maximum absolute atomic E-state index is 9.91. The van der Waals surface area contributed by atoms with Crippen molar-refractivity contribution in [2.45, 2.75) is 71.2 Å². The Hall–Kier alpha value is -1.68. The molecule has 0 radical (unpaired) electrons. The van der Waals surface area contributed by atoms with Gasteiger partial charge in [-0.05, 0) is 50.2 Å². The van der Waals surface area contributed by atoms with E-state index in [0.29, 0.717) is 19.1 Å². The molecule has 1 unspecified atom stereocenters. The number of rotatable bonds is 14. The van der Waals surface area contributed by atoms with Crippen molar-refractivity contribution in [3.8, 4) is 0 Å². The molecule has 2 aromatic carbocycles. The van der Waals surface area contributed by atoms with E-state index in [-0.39, 0.29) is 6.29 Å². The molecule has 1 N–H and O–H groups in total. The van der Waals surface area contributed by atoms with E-state index in [1.165, 1.54) is 11.1 Å². The van der Waals surface area contributed by atoms with Crippen molar-refractivity contribution in [2.75, 3.05) is 13.2 Å². The highest BCUT2D eigenvalue weighted by Crippen LogP contribution is 2.20. The molecule has 3 heteroatoms. The third kappa shape index (κ3) is 11.2. The Morgan fingerprint density at radius 3 is 1.76 bits per heavy atom. The molecule has 3 nitrogen and oxygen atoms in total. The lowest BCUT2D eigenvalue weighted by atomic mass is 9.95. The van der Waals surface area contributed by atoms with E-state index in [2.05, 4.69) is 55.5 Å². The number of ether oxygens (including phenoxy) is 2. The van der Waals surface area contributed by atoms with E-state index in [9.17, 15) is 5.11 Å². The van der Waals surface area contributed by atoms with E-state index >= 15 is 0 Å². The Bertz CT molecular complexity index is 603. The highest BCUT2D eigenvalue weighted by atomic mass is 16.7. The van der Waals surface area contributed by atoms with Gasteiger partial charge in [-0.3, -0.25) is 0 Å². The Morgan fingerprint density at radius 2 is 1.31 bits per heavy atom. The maximum atomic E-state index is 9.91. The average molecular weight is 399 g/mol. The summed E-state index contributed by atoms with van der Waals surface area (Å²) in [5, 5.41) is 9.91. The fourth-order valence-corrected chi connectivity index (χ4v) is 3.42. The van der Waals surface area contributed by atoms with E-state index in [1.54, 1.807) is 0 Å². The molecule has 2 aromatic rings. The van der Waals surface area contributed by atoms with Gasteiger partial charge in [0.15, 0.2) is 6.29 Å². The zero-order valence-corrected chi connectivity index (χ0v) is 18.3. The molecule has 0 saturated heterocycles. The van der Waals surface area contributed by atoms with Gasteiger partial charge in [0, 0.05) is 6.42 Å². The molecule has 0 heterocycles. The van der Waals surface area contributed by atoms with Crippen LogP contribution in [0.2, 0.25) is 0 Å². The molecule has 160 valence electrons. The lowest BCUT2D eigenvalue weighted by molar-refractivity contribution is -0.150. The molecule has 29 heavy (non-hydrogen) atoms. The molecule has 1 atom stereocenters. The topological polar surface area (TPSA) is 38.7 Å². The minimum absolute atomic E-state index is 0.181. The van der Waals surface area contributed by atoms with Crippen molar-refractivity contribution in [1.82, 2.24) is 0 Å². The van der Waals surface area contributed by atoms with E-state index in [1.807, 2.05) is 26.0 Å². The summed E-state index contributed by atoms with van der Waals surface area (Å²) in [7, 11) is 0. The van der Waals surface area contributed by atoms with Crippen LogP contribution in [0.25, 0.3) is 0 Å². The molecule has 0 aliphatic carbocycles. The van der Waals surface area contributed by atoms with Crippen LogP contribution in [0.5, 0.6) is 0 Å². The van der Waals surface area contributed by atoms with Gasteiger partial charge in [0.1, 0.15) is 0 Å². The molecular weight excluding hydrogens is 360 g/mol. The van der Waals surface area contributed by atoms with Crippen LogP contribution in [0.1, 0.15) is 57.6 Å². The lowest BCUT2D eigenvalue weighted by Gasteiger charge is -2.23. The molecule has 0 saturated carbocycles. The first-order chi connectivity index (χ1) is 13.9. The second-order valence-electron chi connectivity index (χ2n) is 8.69. The molecule has 0 aliphatic heterocycles. The highest BCUT2D eigenvalue weighted by molar-refractivity contribution is 5.15. The molecule has 2 rings (SSSR count). The summed E-state index contributed by atoms with van der Waals surface area (Å²) in [4.78, 5) is 0. The van der Waals surface area contributed by atoms with Crippen LogP contribution in [0.3, 0.4) is 0 Å². The summed E-state index contributed by atoms with van der Waals surface area (Å²) in [6, 6.07) is 20.9. The van der Waals surface area contributed by atoms with E-state index in [0.717, 1.165) is 38.5 Å². The van der Waals surface area contributed by atoms with Gasteiger partial charge < -0.3 is 14.6 Å². The van der Waals surface area contributed by atoms with Crippen LogP contribution in [-0.4, -0.2) is 30.2 Å². The Balaban J connectivity index is 1.78. The van der Waals surface area contributed by atoms with Gasteiger partial charge in [0.05, 0.1) is 18.8 Å². The second-order valence-corrected chi connectivity index (χ2v) is 8.69. The van der Waals surface area contributed by atoms with Gasteiger partial charge in [-0.1, -0.05) is 80.4 Å². The van der Waals surface area contributed by atoms with Crippen molar-refractivity contribution < 1.29 is 14.6 Å². The van der Waals surface area contributed by atoms with Crippen LogP contribution in [0, 0.1) is 5.92 Å². The first-order valence-electron chi connectivity index (χ1n) is 11.0. The van der Waals surface area contributed by atoms with E-state index in [4.69, 9.17) is 9.47 Å². The normalized spacial score (nSPS) is 13.0. The zero-order chi connectivity index (χ0) is 21.0. The summed E-state index contributed by atoms with van der Waals surface area (Å²) in [5.74, 6) is 0.496. The van der Waals surface area contributed by atoms with Crippen molar-refractivity contribution in [3.05, 3.63) is 71.8 Å². The molecule has 0 aromatic heterocycles. The summed E-state index contributed by atoms with van der Waals surface area (Å²) in [5.41, 5.74) is 1.99. The summed E-state index contributed by atoms with van der Waals surface area (Å²) in [6.07, 6.45) is 5.41. The standard InChI is InChI=1S/C26H38O3/c1-22(11-10-18-26(2,3)27)21-25(28-19-16-23-12-6-4-7-13-23)29-20-17-24-14-8-5-9-15-24/h4-9,12-15,22,25,27H,10-11,16-21H2,1-3H3. The number of aliphatic hydroxyl groups is 1. The molecular formula is C26H38O3. The van der Waals surface area contributed by atoms with Crippen molar-refractivity contribution in [3.63, 3.8) is 0 Å². The van der Waals surface area contributed by atoms with E-state index < -0.39 is 5.60 Å². The van der Waals surface area contributed by atoms with Crippen LogP contribution >= 0.6 is 0 Å². The fourth-order valence-electron chi connectivity index (χ4n) is 3.42. The van der Waals surface area contributed by atoms with Gasteiger partial charge in [-0.2, -0.15) is 0 Å². The lowest BCUT2D eigenvalue weighted by Crippen LogP contribution is -2.23. The predicted molar refractivity (Wildman–Crippen MR) is 120 cm³/mol. The predicted octanol–water partition coefficient (Wildman–Crippen LogP) is 5.80. The largest absolute Gasteiger partial charge is 0.390 e. The third-order valence-corrected chi connectivity index (χ3v) is 5.15. The van der Waals surface area contributed by atoms with Gasteiger partial charge in [-0.25, -0.2) is 0 Å². The third-order valence-electron chi connectivity index (χ3n) is 5.15. The van der Waals surface area contributed by atoms with Crippen molar-refractivity contribution in [2.24, 2.45) is 5.92 Å². The number of hydrogen-bond acceptors (Lipinski definition) is 3. The molecule has 0 fully saturated rings. The van der Waals surface area contributed by atoms with Crippen LogP contribution < -0.4 is 0 Å². The van der Waals surface area contributed by atoms with Crippen LogP contribution in [0.4, 0.5) is 0 Å². The Morgan fingerprint density at radius 1 is 0.828 bits per heavy atom. The number of benzene rings is 2. The minimum atomic E-state index is -0.586. The summed E-state index contributed by atoms with van der Waals surface area (Å²) in [6.45, 7) is 7.32. The monoisotopic (exact) mass is 398 g/mol. The van der Waals surface area contributed by atoms with Crippen LogP contribution in [-0.2, 0) is 22.3 Å². The molecule has 0 amide bonds. The quantitative estimate of drug-likeness (QED) is 0.409. The van der Waals surface area contributed by atoms with Crippen molar-refractivity contribution in [1.29, 1.82) is 0 Å². The number of hydrogen-bond donors (Lipinski definition) is 1. The summed E-state index contributed by atoms with van der Waals surface area (Å²) < 4.78 is 12.3. The maximum Gasteiger partial charge on any atom is 0.157 e. The van der Waals surface area contributed by atoms with Crippen molar-refractivity contribution >= 4 is 0 Å². The first kappa shape index (κ1) is 23.6. The average Bonchev–Trinajstić information content (AvgIpc) is 2.68. The second kappa shape index (κ2) is 12.8. The first-order valence-corrected chi connectivity index (χ1v) is 11.0. The van der Waals surface area contributed by atoms with Gasteiger partial charge in [-0.15, -0.1) is 0 Å². The Labute approximate surface area is 177 Å². The van der Waals surface area contributed by atoms with Gasteiger partial charge in [0.25, 0.3) is 0 Å². The van der Waals surface area contributed by atoms with Gasteiger partial charge >= 0.3 is 0 Å². The summed E-state index contributed by atoms with van der Waals surface area (Å²) >= 11 is 0. The minimum Gasteiger partial charge on any atom is -0.390 e.